The van der Waals surface area contributed by atoms with Crippen LogP contribution in [-0.2, 0) is 16.7 Å². The van der Waals surface area contributed by atoms with E-state index in [0.29, 0.717) is 22.3 Å². The fourth-order valence-electron chi connectivity index (χ4n) is 3.45. The number of nitrogens with zero attached hydrogens (tertiary/aromatic N) is 3. The van der Waals surface area contributed by atoms with E-state index in [9.17, 15) is 4.21 Å². The van der Waals surface area contributed by atoms with E-state index in [0.717, 1.165) is 16.7 Å². The minimum Gasteiger partial charge on any atom is -0.264 e. The van der Waals surface area contributed by atoms with E-state index in [1.54, 1.807) is 12.1 Å². The van der Waals surface area contributed by atoms with E-state index in [2.05, 4.69) is 11.1 Å². The highest BCUT2D eigenvalue weighted by Crippen LogP contribution is 2.49. The van der Waals surface area contributed by atoms with Crippen LogP contribution in [0.15, 0.2) is 30.6 Å². The molecule has 1 aromatic carbocycles. The highest BCUT2D eigenvalue weighted by molar-refractivity contribution is 7.81. The molecule has 2 unspecified atom stereocenters. The zero-order chi connectivity index (χ0) is 16.8. The average molecular weight is 358 g/mol. The van der Waals surface area contributed by atoms with Gasteiger partial charge in [0.2, 0.25) is 0 Å². The Morgan fingerprint density at radius 3 is 2.83 bits per heavy atom. The lowest BCUT2D eigenvalue weighted by atomic mass is 9.93. The van der Waals surface area contributed by atoms with Crippen LogP contribution >= 0.6 is 11.6 Å². The van der Waals surface area contributed by atoms with Gasteiger partial charge in [0.15, 0.2) is 0 Å². The van der Waals surface area contributed by atoms with Crippen LogP contribution < -0.4 is 0 Å². The summed E-state index contributed by atoms with van der Waals surface area (Å²) in [5.41, 5.74) is 4.61. The molecule has 2 atom stereocenters. The Morgan fingerprint density at radius 2 is 2.17 bits per heavy atom. The molecule has 2 aliphatic rings. The van der Waals surface area contributed by atoms with Crippen molar-refractivity contribution in [3.63, 3.8) is 0 Å². The molecule has 24 heavy (non-hydrogen) atoms. The molecule has 0 radical (unpaired) electrons. The Morgan fingerprint density at radius 1 is 1.38 bits per heavy atom. The van der Waals surface area contributed by atoms with E-state index >= 15 is 0 Å². The van der Waals surface area contributed by atoms with E-state index in [1.165, 1.54) is 18.4 Å². The molecule has 0 saturated heterocycles. The number of halogens is 1. The van der Waals surface area contributed by atoms with Crippen molar-refractivity contribution in [2.45, 2.75) is 24.6 Å². The van der Waals surface area contributed by atoms with Crippen LogP contribution in [0.25, 0.3) is 11.1 Å². The Labute approximate surface area is 148 Å². The standard InChI is InChI=1S/C18H16ClN3OS/c1-22-18(11-2-3-11)15-9-21-8-14(16(15)10-24(22)23)12-4-5-13(7-20)17(19)6-12/h4-6,8-9,11,18H,2-3,10H2,1H3. The molecule has 122 valence electrons. The molecule has 1 saturated carbocycles. The van der Waals surface area contributed by atoms with Gasteiger partial charge in [-0.2, -0.15) is 5.26 Å². The summed E-state index contributed by atoms with van der Waals surface area (Å²) in [6.45, 7) is 0. The molecule has 1 fully saturated rings. The van der Waals surface area contributed by atoms with Crippen LogP contribution in [0.5, 0.6) is 0 Å². The van der Waals surface area contributed by atoms with Crippen molar-refractivity contribution in [3.8, 4) is 17.2 Å². The zero-order valence-electron chi connectivity index (χ0n) is 13.2. The predicted molar refractivity (Wildman–Crippen MR) is 94.5 cm³/mol. The number of aromatic nitrogens is 1. The smallest absolute Gasteiger partial charge is 0.101 e. The monoisotopic (exact) mass is 357 g/mol. The summed E-state index contributed by atoms with van der Waals surface area (Å²) in [6.07, 6.45) is 6.08. The van der Waals surface area contributed by atoms with Crippen LogP contribution in [0.2, 0.25) is 5.02 Å². The van der Waals surface area contributed by atoms with E-state index < -0.39 is 11.0 Å². The molecule has 1 aliphatic carbocycles. The quantitative estimate of drug-likeness (QED) is 0.820. The predicted octanol–water partition coefficient (Wildman–Crippen LogP) is 3.83. The van der Waals surface area contributed by atoms with Crippen molar-refractivity contribution in [3.05, 3.63) is 52.3 Å². The summed E-state index contributed by atoms with van der Waals surface area (Å²) in [4.78, 5) is 4.43. The highest BCUT2D eigenvalue weighted by Gasteiger charge is 2.41. The molecule has 2 heterocycles. The molecule has 0 N–H and O–H groups in total. The third-order valence-electron chi connectivity index (χ3n) is 4.86. The SMILES string of the molecule is CN1C(C2CC2)c2cncc(-c3ccc(C#N)c(Cl)c3)c2CS1=O. The minimum absolute atomic E-state index is 0.177. The first-order chi connectivity index (χ1) is 11.6. The van der Waals surface area contributed by atoms with Gasteiger partial charge in [0, 0.05) is 25.0 Å². The average Bonchev–Trinajstić information content (AvgIpc) is 3.40. The van der Waals surface area contributed by atoms with Crippen molar-refractivity contribution < 1.29 is 4.21 Å². The number of pyridine rings is 1. The maximum absolute atomic E-state index is 12.6. The second-order valence-electron chi connectivity index (χ2n) is 6.36. The van der Waals surface area contributed by atoms with Crippen molar-refractivity contribution in [2.24, 2.45) is 5.92 Å². The van der Waals surface area contributed by atoms with Gasteiger partial charge >= 0.3 is 0 Å². The first kappa shape index (κ1) is 15.8. The first-order valence-electron chi connectivity index (χ1n) is 7.88. The van der Waals surface area contributed by atoms with Crippen LogP contribution in [0, 0.1) is 17.2 Å². The van der Waals surface area contributed by atoms with Gasteiger partial charge in [0.1, 0.15) is 6.07 Å². The molecule has 2 aromatic rings. The van der Waals surface area contributed by atoms with E-state index in [-0.39, 0.29) is 6.04 Å². The summed E-state index contributed by atoms with van der Waals surface area (Å²) in [5, 5.41) is 9.48. The van der Waals surface area contributed by atoms with Crippen LogP contribution in [0.1, 0.15) is 35.6 Å². The number of hydrogen-bond acceptors (Lipinski definition) is 3. The van der Waals surface area contributed by atoms with Gasteiger partial charge in [0.25, 0.3) is 0 Å². The summed E-state index contributed by atoms with van der Waals surface area (Å²) < 4.78 is 14.6. The van der Waals surface area contributed by atoms with Gasteiger partial charge in [-0.05, 0) is 47.6 Å². The Balaban J connectivity index is 1.86. The van der Waals surface area contributed by atoms with Gasteiger partial charge < -0.3 is 0 Å². The Bertz CT molecular complexity index is 888. The number of rotatable bonds is 2. The fraction of sp³-hybridized carbons (Fsp3) is 0.333. The molecule has 0 amide bonds. The third-order valence-corrected chi connectivity index (χ3v) is 6.58. The minimum atomic E-state index is -1.03. The van der Waals surface area contributed by atoms with E-state index in [1.807, 2.05) is 29.8 Å². The number of nitriles is 1. The summed E-state index contributed by atoms with van der Waals surface area (Å²) in [7, 11) is 0.906. The van der Waals surface area contributed by atoms with E-state index in [4.69, 9.17) is 16.9 Å². The topological polar surface area (TPSA) is 57.0 Å². The summed E-state index contributed by atoms with van der Waals surface area (Å²) in [5.74, 6) is 1.06. The molecule has 4 rings (SSSR count). The molecular formula is C18H16ClN3OS. The number of benzene rings is 1. The van der Waals surface area contributed by atoms with Crippen LogP contribution in [0.4, 0.5) is 0 Å². The molecule has 4 nitrogen and oxygen atoms in total. The molecular weight excluding hydrogens is 342 g/mol. The first-order valence-corrected chi connectivity index (χ1v) is 9.53. The van der Waals surface area contributed by atoms with Gasteiger partial charge in [-0.25, -0.2) is 8.51 Å². The summed E-state index contributed by atoms with van der Waals surface area (Å²) in [6, 6.07) is 7.66. The van der Waals surface area contributed by atoms with Crippen molar-refractivity contribution >= 4 is 22.6 Å². The Kier molecular flexibility index (Phi) is 3.92. The number of hydrogen-bond donors (Lipinski definition) is 0. The van der Waals surface area contributed by atoms with Crippen LogP contribution in [0.3, 0.4) is 0 Å². The van der Waals surface area contributed by atoms with Crippen LogP contribution in [-0.4, -0.2) is 20.5 Å². The lowest BCUT2D eigenvalue weighted by Gasteiger charge is -2.34. The molecule has 1 aromatic heterocycles. The normalized spacial score (nSPS) is 23.5. The summed E-state index contributed by atoms with van der Waals surface area (Å²) >= 11 is 6.19. The highest BCUT2D eigenvalue weighted by atomic mass is 35.5. The van der Waals surface area contributed by atoms with Crippen molar-refractivity contribution in [2.75, 3.05) is 7.05 Å². The second-order valence-corrected chi connectivity index (χ2v) is 8.27. The molecule has 0 spiro atoms. The second kappa shape index (κ2) is 5.96. The number of fused-ring (bicyclic) bond motifs is 1. The maximum Gasteiger partial charge on any atom is 0.101 e. The fourth-order valence-corrected chi connectivity index (χ4v) is 4.99. The largest absolute Gasteiger partial charge is 0.264 e. The lowest BCUT2D eigenvalue weighted by Crippen LogP contribution is -2.34. The van der Waals surface area contributed by atoms with Gasteiger partial charge in [-0.1, -0.05) is 17.7 Å². The van der Waals surface area contributed by atoms with Gasteiger partial charge in [-0.15, -0.1) is 0 Å². The maximum atomic E-state index is 12.6. The molecule has 0 bridgehead atoms. The van der Waals surface area contributed by atoms with Crippen molar-refractivity contribution in [1.29, 1.82) is 5.26 Å². The molecule has 6 heteroatoms. The Hall–Kier alpha value is -1.74. The zero-order valence-corrected chi connectivity index (χ0v) is 14.8. The third kappa shape index (κ3) is 2.55. The molecule has 1 aliphatic heterocycles. The van der Waals surface area contributed by atoms with Crippen molar-refractivity contribution in [1.82, 2.24) is 9.29 Å². The lowest BCUT2D eigenvalue weighted by molar-refractivity contribution is 0.352. The van der Waals surface area contributed by atoms with Gasteiger partial charge in [0.05, 0.1) is 33.4 Å². The van der Waals surface area contributed by atoms with Gasteiger partial charge in [-0.3, -0.25) is 4.98 Å².